The van der Waals surface area contributed by atoms with Gasteiger partial charge in [-0.1, -0.05) is 24.3 Å². The molecule has 0 aromatic heterocycles. The van der Waals surface area contributed by atoms with Crippen molar-refractivity contribution in [3.8, 4) is 0 Å². The van der Waals surface area contributed by atoms with Crippen molar-refractivity contribution in [2.24, 2.45) is 5.92 Å². The Balaban J connectivity index is 1.30. The van der Waals surface area contributed by atoms with Crippen molar-refractivity contribution < 1.29 is 14.3 Å². The summed E-state index contributed by atoms with van der Waals surface area (Å²) in [6.45, 7) is 4.69. The molecular formula is C24H29N3O3. The molecule has 1 fully saturated rings. The largest absolute Gasteiger partial charge is 0.465 e. The van der Waals surface area contributed by atoms with E-state index in [0.717, 1.165) is 52.0 Å². The molecule has 2 aliphatic heterocycles. The number of esters is 1. The third kappa shape index (κ3) is 4.82. The highest BCUT2D eigenvalue weighted by molar-refractivity contribution is 5.92. The molecule has 2 amide bonds. The zero-order chi connectivity index (χ0) is 20.9. The van der Waals surface area contributed by atoms with E-state index in [1.165, 1.54) is 18.2 Å². The summed E-state index contributed by atoms with van der Waals surface area (Å²) in [4.78, 5) is 28.7. The number of anilines is 1. The predicted molar refractivity (Wildman–Crippen MR) is 117 cm³/mol. The van der Waals surface area contributed by atoms with E-state index in [0.29, 0.717) is 17.2 Å². The van der Waals surface area contributed by atoms with Crippen LogP contribution in [0.3, 0.4) is 0 Å². The maximum absolute atomic E-state index is 12.8. The lowest BCUT2D eigenvalue weighted by Crippen LogP contribution is -2.46. The first-order chi connectivity index (χ1) is 14.6. The summed E-state index contributed by atoms with van der Waals surface area (Å²) in [5, 5.41) is 2.95. The fourth-order valence-electron chi connectivity index (χ4n) is 4.48. The van der Waals surface area contributed by atoms with Gasteiger partial charge < -0.3 is 15.0 Å². The quantitative estimate of drug-likeness (QED) is 0.784. The Labute approximate surface area is 177 Å². The minimum absolute atomic E-state index is 0.0745. The average Bonchev–Trinajstić information content (AvgIpc) is 2.79. The van der Waals surface area contributed by atoms with Gasteiger partial charge in [0.25, 0.3) is 0 Å². The Morgan fingerprint density at radius 3 is 2.60 bits per heavy atom. The summed E-state index contributed by atoms with van der Waals surface area (Å²) < 4.78 is 4.71. The molecule has 1 saturated heterocycles. The molecule has 6 heteroatoms. The number of piperidine rings is 1. The van der Waals surface area contributed by atoms with Crippen molar-refractivity contribution in [2.75, 3.05) is 38.6 Å². The number of hydrogen-bond acceptors (Lipinski definition) is 4. The maximum atomic E-state index is 12.8. The second kappa shape index (κ2) is 9.30. The number of methoxy groups -OCH3 is 1. The van der Waals surface area contributed by atoms with Crippen molar-refractivity contribution in [1.29, 1.82) is 0 Å². The lowest BCUT2D eigenvalue weighted by atomic mass is 9.95. The molecule has 6 nitrogen and oxygen atoms in total. The van der Waals surface area contributed by atoms with Crippen LogP contribution in [0.25, 0.3) is 0 Å². The molecule has 1 atom stereocenters. The van der Waals surface area contributed by atoms with E-state index in [1.54, 1.807) is 24.3 Å². The van der Waals surface area contributed by atoms with Crippen molar-refractivity contribution in [1.82, 2.24) is 9.80 Å². The molecule has 0 spiro atoms. The monoisotopic (exact) mass is 407 g/mol. The lowest BCUT2D eigenvalue weighted by molar-refractivity contribution is 0.0600. The van der Waals surface area contributed by atoms with Crippen molar-refractivity contribution in [2.45, 2.75) is 25.8 Å². The lowest BCUT2D eigenvalue weighted by Gasteiger charge is -2.37. The number of likely N-dealkylation sites (tertiary alicyclic amines) is 1. The number of ether oxygens (including phenoxy) is 1. The predicted octanol–water partition coefficient (Wildman–Crippen LogP) is 3.78. The smallest absolute Gasteiger partial charge is 0.337 e. The summed E-state index contributed by atoms with van der Waals surface area (Å²) in [5.41, 5.74) is 4.06. The Morgan fingerprint density at radius 2 is 1.83 bits per heavy atom. The fraction of sp³-hybridized carbons (Fsp3) is 0.417. The number of amides is 2. The van der Waals surface area contributed by atoms with Gasteiger partial charge in [-0.3, -0.25) is 4.90 Å². The molecule has 2 heterocycles. The number of fused-ring (bicyclic) bond motifs is 1. The van der Waals surface area contributed by atoms with Gasteiger partial charge in [-0.25, -0.2) is 9.59 Å². The molecule has 1 unspecified atom stereocenters. The van der Waals surface area contributed by atoms with E-state index < -0.39 is 0 Å². The van der Waals surface area contributed by atoms with Gasteiger partial charge in [0.05, 0.1) is 12.7 Å². The Bertz CT molecular complexity index is 897. The van der Waals surface area contributed by atoms with Crippen LogP contribution < -0.4 is 5.32 Å². The van der Waals surface area contributed by atoms with Crippen LogP contribution in [0.15, 0.2) is 48.5 Å². The summed E-state index contributed by atoms with van der Waals surface area (Å²) in [5.74, 6) is 0.114. The van der Waals surface area contributed by atoms with Gasteiger partial charge in [-0.15, -0.1) is 0 Å². The van der Waals surface area contributed by atoms with Gasteiger partial charge in [-0.2, -0.15) is 0 Å². The molecule has 0 bridgehead atoms. The van der Waals surface area contributed by atoms with Gasteiger partial charge in [0.1, 0.15) is 0 Å². The number of nitrogens with zero attached hydrogens (tertiary/aromatic N) is 2. The van der Waals surface area contributed by atoms with E-state index >= 15 is 0 Å². The van der Waals surface area contributed by atoms with Crippen LogP contribution in [-0.4, -0.2) is 55.1 Å². The van der Waals surface area contributed by atoms with Crippen LogP contribution in [-0.2, 0) is 17.7 Å². The molecule has 2 aromatic rings. The summed E-state index contributed by atoms with van der Waals surface area (Å²) in [7, 11) is 1.35. The minimum atomic E-state index is -0.382. The number of carbonyl (C=O) groups is 2. The molecule has 1 N–H and O–H groups in total. The molecule has 0 saturated carbocycles. The van der Waals surface area contributed by atoms with Gasteiger partial charge in [-0.05, 0) is 60.6 Å². The van der Waals surface area contributed by atoms with Gasteiger partial charge in [0, 0.05) is 38.4 Å². The van der Waals surface area contributed by atoms with Crippen molar-refractivity contribution in [3.63, 3.8) is 0 Å². The normalized spacial score (nSPS) is 19.1. The highest BCUT2D eigenvalue weighted by Crippen LogP contribution is 2.23. The van der Waals surface area contributed by atoms with Gasteiger partial charge >= 0.3 is 12.0 Å². The summed E-state index contributed by atoms with van der Waals surface area (Å²) in [6, 6.07) is 15.4. The highest BCUT2D eigenvalue weighted by Gasteiger charge is 2.26. The average molecular weight is 408 g/mol. The minimum Gasteiger partial charge on any atom is -0.465 e. The van der Waals surface area contributed by atoms with E-state index in [4.69, 9.17) is 4.74 Å². The number of rotatable bonds is 4. The molecular weight excluding hydrogens is 378 g/mol. The van der Waals surface area contributed by atoms with Gasteiger partial charge in [0.2, 0.25) is 0 Å². The van der Waals surface area contributed by atoms with E-state index in [2.05, 4.69) is 34.5 Å². The van der Waals surface area contributed by atoms with Crippen LogP contribution in [0, 0.1) is 5.92 Å². The number of urea groups is 1. The summed E-state index contributed by atoms with van der Waals surface area (Å²) in [6.07, 6.45) is 3.30. The molecule has 0 aliphatic carbocycles. The van der Waals surface area contributed by atoms with E-state index in [9.17, 15) is 9.59 Å². The second-order valence-electron chi connectivity index (χ2n) is 8.21. The molecule has 2 aromatic carbocycles. The van der Waals surface area contributed by atoms with Crippen LogP contribution in [0.4, 0.5) is 10.5 Å². The highest BCUT2D eigenvalue weighted by atomic mass is 16.5. The molecule has 30 heavy (non-hydrogen) atoms. The van der Waals surface area contributed by atoms with E-state index in [-0.39, 0.29) is 12.0 Å². The zero-order valence-corrected chi connectivity index (χ0v) is 17.5. The number of benzene rings is 2. The second-order valence-corrected chi connectivity index (χ2v) is 8.21. The zero-order valence-electron chi connectivity index (χ0n) is 17.5. The maximum Gasteiger partial charge on any atom is 0.337 e. The summed E-state index contributed by atoms with van der Waals surface area (Å²) >= 11 is 0. The van der Waals surface area contributed by atoms with Crippen LogP contribution in [0.5, 0.6) is 0 Å². The first-order valence-electron chi connectivity index (χ1n) is 10.7. The molecule has 0 radical (unpaired) electrons. The standard InChI is InChI=1S/C24H29N3O3/c1-30-23(28)20-8-10-22(11-9-20)25-24(29)27-13-4-5-18(16-27)15-26-14-12-19-6-2-3-7-21(19)17-26/h2-3,6-11,18H,4-5,12-17H2,1H3,(H,25,29). The SMILES string of the molecule is COC(=O)c1ccc(NC(=O)N2CCCC(CN3CCc4ccccc4C3)C2)cc1. The molecule has 4 rings (SSSR count). The van der Waals surface area contributed by atoms with Crippen LogP contribution in [0.2, 0.25) is 0 Å². The number of carbonyl (C=O) groups excluding carboxylic acids is 2. The van der Waals surface area contributed by atoms with Crippen LogP contribution in [0.1, 0.15) is 34.3 Å². The number of nitrogens with one attached hydrogen (secondary N) is 1. The molecule has 2 aliphatic rings. The topological polar surface area (TPSA) is 61.9 Å². The third-order valence-electron chi connectivity index (χ3n) is 6.09. The van der Waals surface area contributed by atoms with E-state index in [1.807, 2.05) is 4.90 Å². The Hall–Kier alpha value is -2.86. The van der Waals surface area contributed by atoms with Crippen molar-refractivity contribution >= 4 is 17.7 Å². The van der Waals surface area contributed by atoms with Gasteiger partial charge in [0.15, 0.2) is 0 Å². The van der Waals surface area contributed by atoms with Crippen molar-refractivity contribution in [3.05, 3.63) is 65.2 Å². The first-order valence-corrected chi connectivity index (χ1v) is 10.7. The third-order valence-corrected chi connectivity index (χ3v) is 6.09. The Kier molecular flexibility index (Phi) is 6.33. The fourth-order valence-corrected chi connectivity index (χ4v) is 4.48. The first kappa shape index (κ1) is 20.4. The Morgan fingerprint density at radius 1 is 1.07 bits per heavy atom. The van der Waals surface area contributed by atoms with Crippen LogP contribution >= 0.6 is 0 Å². The number of hydrogen-bond donors (Lipinski definition) is 1. The molecule has 158 valence electrons.